The van der Waals surface area contributed by atoms with Crippen LogP contribution in [0.25, 0.3) is 0 Å². The Hall–Kier alpha value is -0.180. The molecule has 0 N–H and O–H groups in total. The van der Waals surface area contributed by atoms with Crippen LogP contribution >= 0.6 is 0 Å². The summed E-state index contributed by atoms with van der Waals surface area (Å²) < 4.78 is 1.12. The molecule has 0 aliphatic carbocycles. The van der Waals surface area contributed by atoms with E-state index in [1.807, 2.05) is 0 Å². The Morgan fingerprint density at radius 3 is 1.05 bits per heavy atom. The van der Waals surface area contributed by atoms with Crippen molar-refractivity contribution < 1.29 is 13.9 Å². The molecule has 0 rings (SSSR count). The van der Waals surface area contributed by atoms with Gasteiger partial charge in [0.05, 0.1) is 27.7 Å². The van der Waals surface area contributed by atoms with Gasteiger partial charge in [-0.25, -0.2) is 0 Å². The standard InChI is InChI=1S/C19H42N.2FH/c1-5-6-7-8-9-10-11-12-13-14-15-16-17-18-19-20(2,3)4;;/h5-19H2,1-4H3;2*1H/q+1;;/p-1. The first-order valence-electron chi connectivity index (χ1n) is 9.36. The summed E-state index contributed by atoms with van der Waals surface area (Å²) in [4.78, 5) is 0. The van der Waals surface area contributed by atoms with Crippen LogP contribution in [0.2, 0.25) is 0 Å². The van der Waals surface area contributed by atoms with Gasteiger partial charge in [-0.05, 0) is 12.8 Å². The first-order chi connectivity index (χ1) is 9.56. The van der Waals surface area contributed by atoms with E-state index in [-0.39, 0.29) is 9.41 Å². The van der Waals surface area contributed by atoms with E-state index in [4.69, 9.17) is 0 Å². The molecule has 0 aromatic rings. The predicted molar refractivity (Wildman–Crippen MR) is 95.7 cm³/mol. The minimum Gasteiger partial charge on any atom is -1.00 e. The van der Waals surface area contributed by atoms with Gasteiger partial charge in [-0.1, -0.05) is 84.0 Å². The third-order valence-corrected chi connectivity index (χ3v) is 4.18. The van der Waals surface area contributed by atoms with Crippen LogP contribution in [0.3, 0.4) is 0 Å². The number of hydrogen-bond acceptors (Lipinski definition) is 0. The van der Waals surface area contributed by atoms with Crippen LogP contribution in [0.15, 0.2) is 0 Å². The highest BCUT2D eigenvalue weighted by Crippen LogP contribution is 2.13. The Balaban J connectivity index is -0.00000180. The first-order valence-corrected chi connectivity index (χ1v) is 9.36. The predicted octanol–water partition coefficient (Wildman–Crippen LogP) is 3.33. The molecule has 0 saturated heterocycles. The topological polar surface area (TPSA) is 0 Å². The van der Waals surface area contributed by atoms with E-state index in [0.29, 0.717) is 0 Å². The fourth-order valence-corrected chi connectivity index (χ4v) is 2.78. The number of rotatable bonds is 15. The van der Waals surface area contributed by atoms with E-state index >= 15 is 0 Å². The van der Waals surface area contributed by atoms with Crippen molar-refractivity contribution >= 4 is 0 Å². The Labute approximate surface area is 139 Å². The summed E-state index contributed by atoms with van der Waals surface area (Å²) in [5.41, 5.74) is 0. The average Bonchev–Trinajstić information content (AvgIpc) is 2.38. The van der Waals surface area contributed by atoms with Crippen LogP contribution in [0.1, 0.15) is 96.8 Å². The Kier molecular flexibility index (Phi) is 22.9. The van der Waals surface area contributed by atoms with Crippen molar-refractivity contribution in [1.82, 2.24) is 0 Å². The number of nitrogens with zero attached hydrogens (tertiary/aromatic N) is 1. The van der Waals surface area contributed by atoms with Gasteiger partial charge in [-0.3, -0.25) is 4.70 Å². The molecule has 0 radical (unpaired) electrons. The third kappa shape index (κ3) is 24.8. The Morgan fingerprint density at radius 2 is 0.773 bits per heavy atom. The molecule has 138 valence electrons. The summed E-state index contributed by atoms with van der Waals surface area (Å²) in [6, 6.07) is 0. The highest BCUT2D eigenvalue weighted by atomic mass is 19.0. The minimum atomic E-state index is 0. The lowest BCUT2D eigenvalue weighted by Crippen LogP contribution is -3.00. The molecule has 0 aromatic heterocycles. The number of halogens is 2. The van der Waals surface area contributed by atoms with Gasteiger partial charge >= 0.3 is 0 Å². The second-order valence-corrected chi connectivity index (χ2v) is 7.61. The van der Waals surface area contributed by atoms with Crippen LogP contribution < -0.4 is 4.70 Å². The van der Waals surface area contributed by atoms with Gasteiger partial charge < -0.3 is 9.19 Å². The van der Waals surface area contributed by atoms with E-state index in [1.54, 1.807) is 0 Å². The molecule has 0 bridgehead atoms. The van der Waals surface area contributed by atoms with Crippen molar-refractivity contribution in [2.24, 2.45) is 0 Å². The molecule has 0 heterocycles. The monoisotopic (exact) mass is 323 g/mol. The van der Waals surface area contributed by atoms with Crippen molar-refractivity contribution in [3.63, 3.8) is 0 Å². The van der Waals surface area contributed by atoms with Crippen LogP contribution in [-0.2, 0) is 0 Å². The van der Waals surface area contributed by atoms with Crippen LogP contribution in [0, 0.1) is 0 Å². The molecule has 0 amide bonds. The first kappa shape index (κ1) is 26.7. The van der Waals surface area contributed by atoms with Crippen molar-refractivity contribution in [3.05, 3.63) is 0 Å². The van der Waals surface area contributed by atoms with E-state index < -0.39 is 0 Å². The third-order valence-electron chi connectivity index (χ3n) is 4.18. The van der Waals surface area contributed by atoms with Crippen LogP contribution in [0.4, 0.5) is 4.70 Å². The maximum Gasteiger partial charge on any atom is 0.0780 e. The van der Waals surface area contributed by atoms with Crippen molar-refractivity contribution in [3.8, 4) is 0 Å². The summed E-state index contributed by atoms with van der Waals surface area (Å²) in [5.74, 6) is 0. The van der Waals surface area contributed by atoms with Crippen molar-refractivity contribution in [1.29, 1.82) is 0 Å². The van der Waals surface area contributed by atoms with Gasteiger partial charge in [0.25, 0.3) is 0 Å². The van der Waals surface area contributed by atoms with Gasteiger partial charge in [-0.15, -0.1) is 0 Å². The van der Waals surface area contributed by atoms with E-state index in [0.717, 1.165) is 4.48 Å². The molecule has 22 heavy (non-hydrogen) atoms. The lowest BCUT2D eigenvalue weighted by molar-refractivity contribution is -0.870. The summed E-state index contributed by atoms with van der Waals surface area (Å²) in [7, 11) is 6.88. The minimum absolute atomic E-state index is 0. The van der Waals surface area contributed by atoms with Crippen LogP contribution in [-0.4, -0.2) is 32.2 Å². The lowest BCUT2D eigenvalue weighted by atomic mass is 10.0. The second kappa shape index (κ2) is 18.9. The van der Waals surface area contributed by atoms with E-state index in [1.165, 1.54) is 96.4 Å². The number of quaternary nitrogens is 1. The number of hydrogen-bond donors (Lipinski definition) is 0. The van der Waals surface area contributed by atoms with E-state index in [9.17, 15) is 0 Å². The molecule has 0 aliphatic heterocycles. The molecule has 0 spiro atoms. The molecule has 0 aromatic carbocycles. The Bertz CT molecular complexity index is 190. The molecule has 0 saturated carbocycles. The highest BCUT2D eigenvalue weighted by Gasteiger charge is 2.04. The maximum atomic E-state index is 2.29. The molecule has 0 atom stereocenters. The Morgan fingerprint density at radius 1 is 0.500 bits per heavy atom. The second-order valence-electron chi connectivity index (χ2n) is 7.61. The van der Waals surface area contributed by atoms with Crippen LogP contribution in [0.5, 0.6) is 0 Å². The average molecular weight is 324 g/mol. The molecular formula is C19H43F2N. The largest absolute Gasteiger partial charge is 1.00 e. The molecule has 0 unspecified atom stereocenters. The summed E-state index contributed by atoms with van der Waals surface area (Å²) >= 11 is 0. The fraction of sp³-hybridized carbons (Fsp3) is 1.00. The van der Waals surface area contributed by atoms with Gasteiger partial charge in [0, 0.05) is 0 Å². The van der Waals surface area contributed by atoms with Gasteiger partial charge in [0.2, 0.25) is 0 Å². The van der Waals surface area contributed by atoms with Crippen molar-refractivity contribution in [2.75, 3.05) is 27.7 Å². The zero-order valence-electron chi connectivity index (χ0n) is 15.8. The fourth-order valence-electron chi connectivity index (χ4n) is 2.78. The smallest absolute Gasteiger partial charge is 0.0780 e. The SMILES string of the molecule is CCCCCCCCCCCCCCCC[N+](C)(C)C.F.[F-]. The summed E-state index contributed by atoms with van der Waals surface area (Å²) in [6.45, 7) is 3.63. The summed E-state index contributed by atoms with van der Waals surface area (Å²) in [5, 5.41) is 0. The molecule has 0 fully saturated rings. The quantitative estimate of drug-likeness (QED) is 0.320. The molecule has 0 aliphatic rings. The highest BCUT2D eigenvalue weighted by molar-refractivity contribution is 4.49. The lowest BCUT2D eigenvalue weighted by Gasteiger charge is -2.23. The molecular weight excluding hydrogens is 280 g/mol. The maximum absolute atomic E-state index is 2.29. The van der Waals surface area contributed by atoms with Crippen molar-refractivity contribution in [2.45, 2.75) is 96.8 Å². The normalized spacial score (nSPS) is 10.9. The van der Waals surface area contributed by atoms with Gasteiger partial charge in [0.1, 0.15) is 0 Å². The number of unbranched alkanes of at least 4 members (excludes halogenated alkanes) is 13. The summed E-state index contributed by atoms with van der Waals surface area (Å²) in [6.07, 6.45) is 20.4. The van der Waals surface area contributed by atoms with E-state index in [2.05, 4.69) is 28.1 Å². The molecule has 1 nitrogen and oxygen atoms in total. The molecule has 3 heteroatoms. The van der Waals surface area contributed by atoms with Gasteiger partial charge in [-0.2, -0.15) is 0 Å². The van der Waals surface area contributed by atoms with Gasteiger partial charge in [0.15, 0.2) is 0 Å². The zero-order chi connectivity index (χ0) is 15.1. The zero-order valence-corrected chi connectivity index (χ0v) is 15.8.